The first-order valence-corrected chi connectivity index (χ1v) is 25.9. The topological polar surface area (TPSA) is 36.3 Å². The Bertz CT molecular complexity index is 2810. The maximum atomic E-state index is 7.09. The minimum absolute atomic E-state index is 0.259. The monoisotopic (exact) mass is 891 g/mol. The molecule has 0 fully saturated rings. The van der Waals surface area contributed by atoms with E-state index in [0.29, 0.717) is 25.0 Å². The van der Waals surface area contributed by atoms with Crippen LogP contribution in [0.15, 0.2) is 140 Å². The van der Waals surface area contributed by atoms with E-state index < -0.39 is 0 Å². The quantitative estimate of drug-likeness (QED) is 0.0567. The van der Waals surface area contributed by atoms with Crippen LogP contribution in [0, 0.1) is 11.8 Å². The lowest BCUT2D eigenvalue weighted by atomic mass is 9.93. The fourth-order valence-corrected chi connectivity index (χ4v) is 10.0. The van der Waals surface area contributed by atoms with Crippen molar-refractivity contribution in [3.8, 4) is 50.5 Å². The summed E-state index contributed by atoms with van der Waals surface area (Å²) in [6.45, 7) is 15.9. The molecule has 67 heavy (non-hydrogen) atoms. The van der Waals surface area contributed by atoms with E-state index in [0.717, 1.165) is 60.4 Å². The van der Waals surface area contributed by atoms with Gasteiger partial charge in [0.1, 0.15) is 11.6 Å². The van der Waals surface area contributed by atoms with Gasteiger partial charge in [0.2, 0.25) is 0 Å². The minimum Gasteiger partial charge on any atom is -0.493 e. The zero-order valence-electron chi connectivity index (χ0n) is 41.3. The molecular formula is C63H74N2O2. The number of unbranched alkanes of at least 4 members (excludes halogenated alkanes) is 3. The molecule has 0 radical (unpaired) electrons. The fraction of sp³-hybridized carbons (Fsp3) is 0.381. The van der Waals surface area contributed by atoms with Crippen molar-refractivity contribution >= 4 is 32.6 Å². The van der Waals surface area contributed by atoms with Gasteiger partial charge in [-0.05, 0) is 112 Å². The molecule has 1 aromatic heterocycles. The molecule has 0 saturated carbocycles. The average molecular weight is 891 g/mol. The van der Waals surface area contributed by atoms with Gasteiger partial charge in [0.15, 0.2) is 0 Å². The van der Waals surface area contributed by atoms with Crippen molar-refractivity contribution in [2.75, 3.05) is 6.61 Å². The molecule has 0 aliphatic carbocycles. The SMILES string of the molecule is CCCCC(CC)COc1cc(COC(CC)CCCC)ccc1-c1nc2c3cc(-c4ccccc4)ccc3c3ccc(-c4ccc(-c5ccccc5)cc4)cc3c2n1CC(CC)CCCC. The van der Waals surface area contributed by atoms with E-state index in [1.54, 1.807) is 0 Å². The zero-order valence-corrected chi connectivity index (χ0v) is 41.3. The third-order valence-corrected chi connectivity index (χ3v) is 14.3. The van der Waals surface area contributed by atoms with Gasteiger partial charge in [-0.15, -0.1) is 0 Å². The molecule has 4 nitrogen and oxygen atoms in total. The second-order valence-electron chi connectivity index (χ2n) is 19.0. The number of rotatable bonds is 24. The maximum absolute atomic E-state index is 7.09. The number of hydrogen-bond donors (Lipinski definition) is 0. The second kappa shape index (κ2) is 23.3. The Hall–Kier alpha value is -5.71. The summed E-state index contributed by atoms with van der Waals surface area (Å²) in [5.74, 6) is 2.89. The Morgan fingerprint density at radius 2 is 1.03 bits per heavy atom. The van der Waals surface area contributed by atoms with E-state index in [2.05, 4.69) is 186 Å². The molecule has 8 rings (SSSR count). The molecule has 0 spiro atoms. The van der Waals surface area contributed by atoms with Crippen molar-refractivity contribution < 1.29 is 9.47 Å². The highest BCUT2D eigenvalue weighted by Gasteiger charge is 2.25. The molecule has 0 amide bonds. The number of imidazole rings is 1. The first-order valence-electron chi connectivity index (χ1n) is 25.9. The summed E-state index contributed by atoms with van der Waals surface area (Å²) in [7, 11) is 0. The Balaban J connectivity index is 1.36. The maximum Gasteiger partial charge on any atom is 0.144 e. The molecule has 4 heteroatoms. The molecule has 1 heterocycles. The minimum atomic E-state index is 0.259. The van der Waals surface area contributed by atoms with E-state index >= 15 is 0 Å². The van der Waals surface area contributed by atoms with Crippen LogP contribution in [0.25, 0.3) is 77.3 Å². The third-order valence-electron chi connectivity index (χ3n) is 14.3. The smallest absolute Gasteiger partial charge is 0.144 e. The number of nitrogens with zero attached hydrogens (tertiary/aromatic N) is 2. The van der Waals surface area contributed by atoms with Crippen molar-refractivity contribution in [3.63, 3.8) is 0 Å². The Labute approximate surface area is 401 Å². The molecular weight excluding hydrogens is 817 g/mol. The van der Waals surface area contributed by atoms with Gasteiger partial charge in [-0.2, -0.15) is 0 Å². The molecule has 0 bridgehead atoms. The van der Waals surface area contributed by atoms with E-state index in [-0.39, 0.29) is 6.10 Å². The lowest BCUT2D eigenvalue weighted by Gasteiger charge is -2.22. The highest BCUT2D eigenvalue weighted by molar-refractivity contribution is 6.25. The average Bonchev–Trinajstić information content (AvgIpc) is 3.77. The highest BCUT2D eigenvalue weighted by atomic mass is 16.5. The molecule has 3 unspecified atom stereocenters. The molecule has 7 aromatic carbocycles. The number of fused-ring (bicyclic) bond motifs is 6. The van der Waals surface area contributed by atoms with Crippen molar-refractivity contribution in [2.45, 2.75) is 138 Å². The van der Waals surface area contributed by atoms with Crippen LogP contribution in [0.4, 0.5) is 0 Å². The van der Waals surface area contributed by atoms with Gasteiger partial charge in [-0.3, -0.25) is 0 Å². The molecule has 0 N–H and O–H groups in total. The van der Waals surface area contributed by atoms with Crippen molar-refractivity contribution in [1.29, 1.82) is 0 Å². The Morgan fingerprint density at radius 1 is 0.493 bits per heavy atom. The second-order valence-corrected chi connectivity index (χ2v) is 19.0. The van der Waals surface area contributed by atoms with Crippen LogP contribution < -0.4 is 4.74 Å². The van der Waals surface area contributed by atoms with Crippen LogP contribution in [0.1, 0.15) is 124 Å². The summed E-state index contributed by atoms with van der Waals surface area (Å²) in [5, 5.41) is 4.89. The largest absolute Gasteiger partial charge is 0.493 e. The summed E-state index contributed by atoms with van der Waals surface area (Å²) in [5.41, 5.74) is 11.7. The first-order chi connectivity index (χ1) is 33.0. The zero-order chi connectivity index (χ0) is 46.5. The van der Waals surface area contributed by atoms with Gasteiger partial charge < -0.3 is 14.0 Å². The molecule has 348 valence electrons. The standard InChI is InChI=1S/C63H74N2O2/c1-7-13-22-45(10-4)42-65-62-59-41-53(51-32-30-50(31-33-51)48-24-18-16-19-25-48)35-38-56(59)55-37-34-52(49-26-20-17-21-27-49)40-58(55)61(62)64-63(65)57-36-29-47(44-66-54(12-6)28-15-9-3)39-60(57)67-43-46(11-5)23-14-8-2/h16-21,24-27,29-41,45-46,54H,7-15,22-23,28,42-44H2,1-6H3. The highest BCUT2D eigenvalue weighted by Crippen LogP contribution is 2.43. The molecule has 0 aliphatic rings. The van der Waals surface area contributed by atoms with Crippen molar-refractivity contribution in [2.24, 2.45) is 11.8 Å². The third kappa shape index (κ3) is 11.2. The van der Waals surface area contributed by atoms with Gasteiger partial charge in [0.25, 0.3) is 0 Å². The lowest BCUT2D eigenvalue weighted by Crippen LogP contribution is -2.14. The van der Waals surface area contributed by atoms with Crippen molar-refractivity contribution in [3.05, 3.63) is 145 Å². The summed E-state index contributed by atoms with van der Waals surface area (Å²) in [6, 6.07) is 51.5. The van der Waals surface area contributed by atoms with E-state index in [1.807, 2.05) is 0 Å². The van der Waals surface area contributed by atoms with Gasteiger partial charge >= 0.3 is 0 Å². The molecule has 0 saturated heterocycles. The number of ether oxygens (including phenoxy) is 2. The predicted octanol–water partition coefficient (Wildman–Crippen LogP) is 18.3. The van der Waals surface area contributed by atoms with Crippen LogP contribution in [0.2, 0.25) is 0 Å². The van der Waals surface area contributed by atoms with Gasteiger partial charge in [0, 0.05) is 17.3 Å². The number of aromatic nitrogens is 2. The van der Waals surface area contributed by atoms with Gasteiger partial charge in [-0.1, -0.05) is 208 Å². The van der Waals surface area contributed by atoms with Gasteiger partial charge in [-0.25, -0.2) is 4.98 Å². The Morgan fingerprint density at radius 3 is 1.64 bits per heavy atom. The molecule has 3 atom stereocenters. The molecule has 0 aliphatic heterocycles. The van der Waals surface area contributed by atoms with Crippen molar-refractivity contribution in [1.82, 2.24) is 9.55 Å². The number of benzene rings is 7. The van der Waals surface area contributed by atoms with Crippen LogP contribution in [0.3, 0.4) is 0 Å². The van der Waals surface area contributed by atoms with Crippen LogP contribution in [0.5, 0.6) is 5.75 Å². The summed E-state index contributed by atoms with van der Waals surface area (Å²) in [6.07, 6.45) is 14.1. The normalized spacial score (nSPS) is 13.1. The first kappa shape index (κ1) is 47.8. The van der Waals surface area contributed by atoms with E-state index in [9.17, 15) is 0 Å². The summed E-state index contributed by atoms with van der Waals surface area (Å²) < 4.78 is 16.3. The molecule has 8 aromatic rings. The fourth-order valence-electron chi connectivity index (χ4n) is 10.0. The van der Waals surface area contributed by atoms with Crippen LogP contribution >= 0.6 is 0 Å². The van der Waals surface area contributed by atoms with E-state index in [4.69, 9.17) is 14.5 Å². The predicted molar refractivity (Wildman–Crippen MR) is 287 cm³/mol. The number of hydrogen-bond acceptors (Lipinski definition) is 3. The van der Waals surface area contributed by atoms with Gasteiger partial charge in [0.05, 0.1) is 35.9 Å². The summed E-state index contributed by atoms with van der Waals surface area (Å²) in [4.78, 5) is 5.87. The van der Waals surface area contributed by atoms with Crippen LogP contribution in [-0.4, -0.2) is 22.3 Å². The Kier molecular flexibility index (Phi) is 16.6. The van der Waals surface area contributed by atoms with Crippen LogP contribution in [-0.2, 0) is 17.9 Å². The lowest BCUT2D eigenvalue weighted by molar-refractivity contribution is 0.0311. The summed E-state index contributed by atoms with van der Waals surface area (Å²) >= 11 is 0. The van der Waals surface area contributed by atoms with E-state index in [1.165, 1.54) is 112 Å².